The quantitative estimate of drug-likeness (QED) is 0.499. The monoisotopic (exact) mass is 345 g/mol. The SMILES string of the molecule is C/C(=N/NC(=S)NC[C@@H]1CCCO1)c1ccc(Cl)cc1Cl. The third kappa shape index (κ3) is 5.11. The maximum absolute atomic E-state index is 6.13. The van der Waals surface area contributed by atoms with Gasteiger partial charge in [0, 0.05) is 23.7 Å². The zero-order valence-corrected chi connectivity index (χ0v) is 14.0. The van der Waals surface area contributed by atoms with Crippen molar-refractivity contribution in [2.24, 2.45) is 5.10 Å². The number of benzene rings is 1. The average Bonchev–Trinajstić information content (AvgIpc) is 2.95. The van der Waals surface area contributed by atoms with E-state index >= 15 is 0 Å². The summed E-state index contributed by atoms with van der Waals surface area (Å²) in [5.41, 5.74) is 4.36. The van der Waals surface area contributed by atoms with Gasteiger partial charge >= 0.3 is 0 Å². The van der Waals surface area contributed by atoms with Crippen LogP contribution in [0.15, 0.2) is 23.3 Å². The molecule has 0 spiro atoms. The summed E-state index contributed by atoms with van der Waals surface area (Å²) < 4.78 is 5.51. The standard InChI is InChI=1S/C14H17Cl2N3OS/c1-9(12-5-4-10(15)7-13(12)16)18-19-14(21)17-8-11-3-2-6-20-11/h4-5,7,11H,2-3,6,8H2,1H3,(H2,17,19,21)/b18-9-/t11-/m0/s1. The van der Waals surface area contributed by atoms with Crippen LogP contribution in [0.4, 0.5) is 0 Å². The van der Waals surface area contributed by atoms with Crippen molar-refractivity contribution < 1.29 is 4.74 Å². The molecule has 1 aromatic carbocycles. The molecule has 21 heavy (non-hydrogen) atoms. The van der Waals surface area contributed by atoms with Crippen LogP contribution in [0, 0.1) is 0 Å². The van der Waals surface area contributed by atoms with Crippen LogP contribution < -0.4 is 10.7 Å². The van der Waals surface area contributed by atoms with Gasteiger partial charge in [0.2, 0.25) is 0 Å². The molecule has 1 aromatic rings. The molecule has 1 aliphatic heterocycles. The number of halogens is 2. The zero-order valence-electron chi connectivity index (χ0n) is 11.7. The number of thiocarbonyl (C=S) groups is 1. The van der Waals surface area contributed by atoms with Gasteiger partial charge in [0.15, 0.2) is 5.11 Å². The Labute approximate surface area is 139 Å². The molecule has 1 saturated heterocycles. The summed E-state index contributed by atoms with van der Waals surface area (Å²) in [7, 11) is 0. The Morgan fingerprint density at radius 2 is 2.29 bits per heavy atom. The highest BCUT2D eigenvalue weighted by atomic mass is 35.5. The van der Waals surface area contributed by atoms with Crippen molar-refractivity contribution in [3.05, 3.63) is 33.8 Å². The molecule has 0 aromatic heterocycles. The summed E-state index contributed by atoms with van der Waals surface area (Å²) in [5, 5.41) is 8.94. The van der Waals surface area contributed by atoms with Crippen LogP contribution in [-0.4, -0.2) is 30.1 Å². The molecule has 7 heteroatoms. The molecule has 1 aliphatic rings. The fourth-order valence-corrected chi connectivity index (χ4v) is 2.70. The lowest BCUT2D eigenvalue weighted by atomic mass is 10.1. The summed E-state index contributed by atoms with van der Waals surface area (Å²) in [5.74, 6) is 0. The fraction of sp³-hybridized carbons (Fsp3) is 0.429. The average molecular weight is 346 g/mol. The molecule has 2 N–H and O–H groups in total. The second-order valence-electron chi connectivity index (χ2n) is 4.78. The molecular formula is C14H17Cl2N3OS. The van der Waals surface area contributed by atoms with Crippen molar-refractivity contribution in [3.63, 3.8) is 0 Å². The van der Waals surface area contributed by atoms with Gasteiger partial charge in [0.1, 0.15) is 0 Å². The minimum Gasteiger partial charge on any atom is -0.376 e. The Morgan fingerprint density at radius 1 is 1.48 bits per heavy atom. The minimum atomic E-state index is 0.237. The second kappa shape index (κ2) is 7.94. The number of ether oxygens (including phenoxy) is 1. The number of hydrazone groups is 1. The van der Waals surface area contributed by atoms with E-state index in [4.69, 9.17) is 40.2 Å². The summed E-state index contributed by atoms with van der Waals surface area (Å²) in [6, 6.07) is 5.29. The van der Waals surface area contributed by atoms with E-state index in [1.165, 1.54) is 0 Å². The highest BCUT2D eigenvalue weighted by Gasteiger charge is 2.15. The molecular weight excluding hydrogens is 329 g/mol. The molecule has 1 heterocycles. The van der Waals surface area contributed by atoms with Gasteiger partial charge in [-0.25, -0.2) is 0 Å². The molecule has 1 atom stereocenters. The van der Waals surface area contributed by atoms with Crippen molar-refractivity contribution in [1.82, 2.24) is 10.7 Å². The number of hydrogen-bond donors (Lipinski definition) is 2. The van der Waals surface area contributed by atoms with Crippen LogP contribution in [0.5, 0.6) is 0 Å². The van der Waals surface area contributed by atoms with Gasteiger partial charge in [0.25, 0.3) is 0 Å². The Hall–Kier alpha value is -0.880. The lowest BCUT2D eigenvalue weighted by molar-refractivity contribution is 0.114. The van der Waals surface area contributed by atoms with E-state index < -0.39 is 0 Å². The predicted molar refractivity (Wildman–Crippen MR) is 91.4 cm³/mol. The van der Waals surface area contributed by atoms with E-state index in [0.29, 0.717) is 21.7 Å². The maximum Gasteiger partial charge on any atom is 0.187 e. The molecule has 0 aliphatic carbocycles. The van der Waals surface area contributed by atoms with E-state index in [1.54, 1.807) is 12.1 Å². The molecule has 0 bridgehead atoms. The van der Waals surface area contributed by atoms with Crippen molar-refractivity contribution in [2.45, 2.75) is 25.9 Å². The molecule has 114 valence electrons. The Kier molecular flexibility index (Phi) is 6.23. The number of hydrogen-bond acceptors (Lipinski definition) is 3. The molecule has 2 rings (SSSR count). The lowest BCUT2D eigenvalue weighted by Crippen LogP contribution is -2.37. The van der Waals surface area contributed by atoms with Gasteiger partial charge in [-0.1, -0.05) is 29.3 Å². The maximum atomic E-state index is 6.13. The molecule has 1 fully saturated rings. The second-order valence-corrected chi connectivity index (χ2v) is 6.03. The van der Waals surface area contributed by atoms with Crippen LogP contribution in [0.25, 0.3) is 0 Å². The van der Waals surface area contributed by atoms with Crippen molar-refractivity contribution in [3.8, 4) is 0 Å². The number of nitrogens with zero attached hydrogens (tertiary/aromatic N) is 1. The third-order valence-corrected chi connectivity index (χ3v) is 3.94. The van der Waals surface area contributed by atoms with Crippen molar-refractivity contribution >= 4 is 46.2 Å². The summed E-state index contributed by atoms with van der Waals surface area (Å²) in [6.07, 6.45) is 2.41. The summed E-state index contributed by atoms with van der Waals surface area (Å²) in [4.78, 5) is 0. The Balaban J connectivity index is 1.85. The number of nitrogens with one attached hydrogen (secondary N) is 2. The van der Waals surface area contributed by atoms with E-state index in [2.05, 4.69) is 15.8 Å². The summed E-state index contributed by atoms with van der Waals surface area (Å²) >= 11 is 17.2. The highest BCUT2D eigenvalue weighted by Crippen LogP contribution is 2.21. The van der Waals surface area contributed by atoms with E-state index in [-0.39, 0.29) is 6.10 Å². The molecule has 0 radical (unpaired) electrons. The predicted octanol–water partition coefficient (Wildman–Crippen LogP) is 3.36. The first kappa shape index (κ1) is 16.5. The molecule has 0 unspecified atom stereocenters. The normalized spacial score (nSPS) is 18.6. The molecule has 4 nitrogen and oxygen atoms in total. The van der Waals surface area contributed by atoms with Crippen LogP contribution in [0.3, 0.4) is 0 Å². The van der Waals surface area contributed by atoms with Gasteiger partial charge < -0.3 is 10.1 Å². The van der Waals surface area contributed by atoms with Crippen molar-refractivity contribution in [1.29, 1.82) is 0 Å². The smallest absolute Gasteiger partial charge is 0.187 e. The van der Waals surface area contributed by atoms with E-state index in [9.17, 15) is 0 Å². The number of rotatable bonds is 4. The Bertz CT molecular complexity index is 545. The first-order chi connectivity index (χ1) is 10.1. The van der Waals surface area contributed by atoms with Crippen molar-refractivity contribution in [2.75, 3.05) is 13.2 Å². The van der Waals surface area contributed by atoms with E-state index in [1.807, 2.05) is 13.0 Å². The first-order valence-corrected chi connectivity index (χ1v) is 7.88. The van der Waals surface area contributed by atoms with Crippen LogP contribution in [0.1, 0.15) is 25.3 Å². The minimum absolute atomic E-state index is 0.237. The summed E-state index contributed by atoms with van der Waals surface area (Å²) in [6.45, 7) is 3.38. The van der Waals surface area contributed by atoms with Gasteiger partial charge in [-0.2, -0.15) is 5.10 Å². The molecule has 0 saturated carbocycles. The topological polar surface area (TPSA) is 45.7 Å². The molecule has 0 amide bonds. The third-order valence-electron chi connectivity index (χ3n) is 3.16. The lowest BCUT2D eigenvalue weighted by Gasteiger charge is -2.12. The van der Waals surface area contributed by atoms with Gasteiger partial charge in [-0.05, 0) is 44.1 Å². The van der Waals surface area contributed by atoms with Crippen LogP contribution in [0.2, 0.25) is 10.0 Å². The zero-order chi connectivity index (χ0) is 15.2. The fourth-order valence-electron chi connectivity index (χ4n) is 2.03. The highest BCUT2D eigenvalue weighted by molar-refractivity contribution is 7.80. The van der Waals surface area contributed by atoms with Gasteiger partial charge in [-0.3, -0.25) is 5.43 Å². The van der Waals surface area contributed by atoms with Gasteiger partial charge in [0.05, 0.1) is 16.8 Å². The Morgan fingerprint density at radius 3 is 2.95 bits per heavy atom. The van der Waals surface area contributed by atoms with E-state index in [0.717, 1.165) is 30.7 Å². The largest absolute Gasteiger partial charge is 0.376 e. The van der Waals surface area contributed by atoms with Crippen LogP contribution >= 0.6 is 35.4 Å². The van der Waals surface area contributed by atoms with Gasteiger partial charge in [-0.15, -0.1) is 0 Å². The van der Waals surface area contributed by atoms with Crippen LogP contribution in [-0.2, 0) is 4.74 Å². The first-order valence-electron chi connectivity index (χ1n) is 6.71.